The third-order valence-corrected chi connectivity index (χ3v) is 5.66. The van der Waals surface area contributed by atoms with Crippen molar-refractivity contribution in [3.05, 3.63) is 30.3 Å². The lowest BCUT2D eigenvalue weighted by Gasteiger charge is -2.29. The van der Waals surface area contributed by atoms with Crippen LogP contribution in [0.15, 0.2) is 30.3 Å². The second-order valence-corrected chi connectivity index (χ2v) is 8.70. The average Bonchev–Trinajstić information content (AvgIpc) is 2.75. The fourth-order valence-electron chi connectivity index (χ4n) is 3.45. The summed E-state index contributed by atoms with van der Waals surface area (Å²) in [5, 5.41) is 5.86. The highest BCUT2D eigenvalue weighted by atomic mass is 32.2. The summed E-state index contributed by atoms with van der Waals surface area (Å²) in [6.07, 6.45) is 6.47. The van der Waals surface area contributed by atoms with Crippen molar-refractivity contribution < 1.29 is 14.3 Å². The third kappa shape index (κ3) is 9.54. The molecule has 162 valence electrons. The molecule has 1 aromatic rings. The van der Waals surface area contributed by atoms with E-state index >= 15 is 0 Å². The normalized spacial score (nSPS) is 16.6. The van der Waals surface area contributed by atoms with E-state index in [1.165, 1.54) is 19.3 Å². The van der Waals surface area contributed by atoms with E-state index in [9.17, 15) is 9.59 Å². The van der Waals surface area contributed by atoms with Gasteiger partial charge in [0.15, 0.2) is 6.61 Å². The minimum absolute atomic E-state index is 0.0988. The predicted octanol–water partition coefficient (Wildman–Crippen LogP) is 2.54. The zero-order valence-corrected chi connectivity index (χ0v) is 18.5. The number of nitrogens with zero attached hydrogens (tertiary/aromatic N) is 1. The minimum Gasteiger partial charge on any atom is -0.484 e. The van der Waals surface area contributed by atoms with Gasteiger partial charge in [-0.05, 0) is 62.4 Å². The molecule has 1 fully saturated rings. The van der Waals surface area contributed by atoms with Gasteiger partial charge in [0.25, 0.3) is 5.91 Å². The molecule has 2 N–H and O–H groups in total. The van der Waals surface area contributed by atoms with Crippen molar-refractivity contribution in [3.63, 3.8) is 0 Å². The lowest BCUT2D eigenvalue weighted by atomic mass is 10.1. The van der Waals surface area contributed by atoms with Crippen LogP contribution in [0.1, 0.15) is 32.6 Å². The summed E-state index contributed by atoms with van der Waals surface area (Å²) in [5.41, 5.74) is 0. The first-order valence-electron chi connectivity index (χ1n) is 10.5. The number of hydrogen-bond donors (Lipinski definition) is 2. The maximum Gasteiger partial charge on any atom is 0.258 e. The van der Waals surface area contributed by atoms with Gasteiger partial charge in [-0.1, -0.05) is 31.5 Å². The Morgan fingerprint density at radius 1 is 1.17 bits per heavy atom. The number of rotatable bonds is 12. The monoisotopic (exact) mass is 421 g/mol. The number of carbonyl (C=O) groups is 2. The summed E-state index contributed by atoms with van der Waals surface area (Å²) in [5.74, 6) is 1.44. The Kier molecular flexibility index (Phi) is 11.0. The number of piperidine rings is 1. The van der Waals surface area contributed by atoms with Crippen molar-refractivity contribution in [2.24, 2.45) is 5.92 Å². The number of carbonyl (C=O) groups excluding carboxylic acids is 2. The first kappa shape index (κ1) is 23.5. The first-order chi connectivity index (χ1) is 14.1. The van der Waals surface area contributed by atoms with Gasteiger partial charge >= 0.3 is 0 Å². The van der Waals surface area contributed by atoms with Gasteiger partial charge < -0.3 is 20.3 Å². The number of ether oxygens (including phenoxy) is 1. The molecule has 0 radical (unpaired) electrons. The molecule has 29 heavy (non-hydrogen) atoms. The maximum atomic E-state index is 12.7. The molecule has 2 unspecified atom stereocenters. The maximum absolute atomic E-state index is 12.7. The summed E-state index contributed by atoms with van der Waals surface area (Å²) < 4.78 is 5.48. The quantitative estimate of drug-likeness (QED) is 0.543. The number of hydrogen-bond acceptors (Lipinski definition) is 5. The zero-order valence-electron chi connectivity index (χ0n) is 17.7. The van der Waals surface area contributed by atoms with Gasteiger partial charge in [0, 0.05) is 13.1 Å². The molecule has 2 atom stereocenters. The van der Waals surface area contributed by atoms with Crippen molar-refractivity contribution in [1.82, 2.24) is 15.5 Å². The highest BCUT2D eigenvalue weighted by Gasteiger charge is 2.21. The van der Waals surface area contributed by atoms with E-state index in [1.54, 1.807) is 23.9 Å². The number of thioether (sulfide) groups is 1. The van der Waals surface area contributed by atoms with Crippen LogP contribution in [-0.4, -0.2) is 67.6 Å². The van der Waals surface area contributed by atoms with E-state index in [2.05, 4.69) is 22.5 Å². The highest BCUT2D eigenvalue weighted by molar-refractivity contribution is 7.98. The molecule has 0 saturated carbocycles. The highest BCUT2D eigenvalue weighted by Crippen LogP contribution is 2.11. The van der Waals surface area contributed by atoms with Crippen LogP contribution in [0.3, 0.4) is 0 Å². The van der Waals surface area contributed by atoms with Crippen molar-refractivity contribution >= 4 is 23.6 Å². The second-order valence-electron chi connectivity index (χ2n) is 7.71. The molecule has 1 saturated heterocycles. The lowest BCUT2D eigenvalue weighted by Crippen LogP contribution is -2.49. The fraction of sp³-hybridized carbons (Fsp3) is 0.636. The van der Waals surface area contributed by atoms with Crippen LogP contribution in [0.4, 0.5) is 0 Å². The molecular formula is C22H35N3O3S. The Hall–Kier alpha value is -1.73. The van der Waals surface area contributed by atoms with Gasteiger partial charge in [-0.15, -0.1) is 0 Å². The summed E-state index contributed by atoms with van der Waals surface area (Å²) in [7, 11) is 0. The van der Waals surface area contributed by atoms with Gasteiger partial charge in [-0.2, -0.15) is 11.8 Å². The molecule has 2 rings (SSSR count). The van der Waals surface area contributed by atoms with Crippen LogP contribution in [0.5, 0.6) is 5.75 Å². The van der Waals surface area contributed by atoms with Crippen molar-refractivity contribution in [2.45, 2.75) is 38.6 Å². The first-order valence-corrected chi connectivity index (χ1v) is 11.9. The molecule has 6 nitrogen and oxygen atoms in total. The fourth-order valence-corrected chi connectivity index (χ4v) is 3.92. The molecule has 0 bridgehead atoms. The zero-order chi connectivity index (χ0) is 20.9. The Morgan fingerprint density at radius 3 is 2.59 bits per heavy atom. The Labute approximate surface area is 179 Å². The van der Waals surface area contributed by atoms with Crippen molar-refractivity contribution in [1.29, 1.82) is 0 Å². The lowest BCUT2D eigenvalue weighted by molar-refractivity contribution is -0.130. The van der Waals surface area contributed by atoms with Crippen LogP contribution in [0.2, 0.25) is 0 Å². The van der Waals surface area contributed by atoms with Crippen LogP contribution in [-0.2, 0) is 9.59 Å². The molecule has 0 spiro atoms. The Bertz CT molecular complexity index is 609. The van der Waals surface area contributed by atoms with Crippen molar-refractivity contribution in [3.8, 4) is 5.75 Å². The molecule has 1 aliphatic heterocycles. The molecular weight excluding hydrogens is 386 g/mol. The minimum atomic E-state index is -0.531. The average molecular weight is 422 g/mol. The number of para-hydroxylation sites is 1. The van der Waals surface area contributed by atoms with E-state index in [4.69, 9.17) is 4.74 Å². The van der Waals surface area contributed by atoms with E-state index in [0.29, 0.717) is 24.6 Å². The Balaban J connectivity index is 1.75. The second kappa shape index (κ2) is 13.5. The van der Waals surface area contributed by atoms with Gasteiger partial charge in [0.2, 0.25) is 5.91 Å². The number of likely N-dealkylation sites (tertiary alicyclic amines) is 1. The predicted molar refractivity (Wildman–Crippen MR) is 119 cm³/mol. The molecule has 1 aromatic carbocycles. The third-order valence-electron chi connectivity index (χ3n) is 5.02. The number of amides is 2. The summed E-state index contributed by atoms with van der Waals surface area (Å²) >= 11 is 1.66. The largest absolute Gasteiger partial charge is 0.484 e. The summed E-state index contributed by atoms with van der Waals surface area (Å²) in [6.45, 7) is 6.02. The van der Waals surface area contributed by atoms with Gasteiger partial charge in [-0.3, -0.25) is 9.59 Å². The van der Waals surface area contributed by atoms with Gasteiger partial charge in [0.05, 0.1) is 0 Å². The van der Waals surface area contributed by atoms with Crippen molar-refractivity contribution in [2.75, 3.05) is 44.8 Å². The van der Waals surface area contributed by atoms with E-state index in [0.717, 1.165) is 25.4 Å². The smallest absolute Gasteiger partial charge is 0.258 e. The molecule has 2 amide bonds. The van der Waals surface area contributed by atoms with Crippen LogP contribution in [0, 0.1) is 5.92 Å². The summed E-state index contributed by atoms with van der Waals surface area (Å²) in [4.78, 5) is 27.4. The van der Waals surface area contributed by atoms with Crippen LogP contribution >= 0.6 is 11.8 Å². The Morgan fingerprint density at radius 2 is 1.90 bits per heavy atom. The standard InChI is InChI=1S/C22H35N3O3S/c1-18(16-25-12-7-4-8-13-25)15-23-22(27)20(11-14-29-2)24-21(26)17-28-19-9-5-3-6-10-19/h3,5-6,9-10,18,20H,4,7-8,11-17H2,1-2H3,(H,23,27)(H,24,26). The van der Waals surface area contributed by atoms with Crippen LogP contribution < -0.4 is 15.4 Å². The van der Waals surface area contributed by atoms with E-state index in [1.807, 2.05) is 24.5 Å². The molecule has 0 aromatic heterocycles. The number of benzene rings is 1. The van der Waals surface area contributed by atoms with E-state index in [-0.39, 0.29) is 18.4 Å². The number of nitrogens with one attached hydrogen (secondary N) is 2. The topological polar surface area (TPSA) is 70.7 Å². The van der Waals surface area contributed by atoms with Gasteiger partial charge in [-0.25, -0.2) is 0 Å². The molecule has 0 aliphatic carbocycles. The molecule has 1 aliphatic rings. The SMILES string of the molecule is CSCCC(NC(=O)COc1ccccc1)C(=O)NCC(C)CN1CCCCC1. The molecule has 7 heteroatoms. The van der Waals surface area contributed by atoms with E-state index < -0.39 is 6.04 Å². The molecule has 1 heterocycles. The summed E-state index contributed by atoms with van der Waals surface area (Å²) in [6, 6.07) is 8.67. The van der Waals surface area contributed by atoms with Gasteiger partial charge in [0.1, 0.15) is 11.8 Å². The van der Waals surface area contributed by atoms with Crippen LogP contribution in [0.25, 0.3) is 0 Å².